The van der Waals surface area contributed by atoms with Crippen LogP contribution in [0.3, 0.4) is 0 Å². The van der Waals surface area contributed by atoms with Crippen molar-refractivity contribution in [1.29, 1.82) is 0 Å². The van der Waals surface area contributed by atoms with Crippen molar-refractivity contribution in [3.63, 3.8) is 0 Å². The van der Waals surface area contributed by atoms with Crippen molar-refractivity contribution in [3.05, 3.63) is 34.6 Å². The summed E-state index contributed by atoms with van der Waals surface area (Å²) in [6.07, 6.45) is 2.03. The summed E-state index contributed by atoms with van der Waals surface area (Å²) < 4.78 is 18.6. The van der Waals surface area contributed by atoms with E-state index in [4.69, 9.17) is 22.1 Å². The highest BCUT2D eigenvalue weighted by atomic mass is 35.5. The van der Waals surface area contributed by atoms with Crippen LogP contribution in [0.1, 0.15) is 18.4 Å². The van der Waals surface area contributed by atoms with Gasteiger partial charge in [0.25, 0.3) is 0 Å². The topological polar surface area (TPSA) is 35.2 Å². The van der Waals surface area contributed by atoms with Gasteiger partial charge in [0.15, 0.2) is 0 Å². The van der Waals surface area contributed by atoms with Crippen LogP contribution in [0.4, 0.5) is 4.39 Å². The first-order valence-electron chi connectivity index (χ1n) is 4.96. The second-order valence-corrected chi connectivity index (χ2v) is 4.32. The summed E-state index contributed by atoms with van der Waals surface area (Å²) in [5, 5.41) is 0.143. The van der Waals surface area contributed by atoms with Crippen LogP contribution in [0.15, 0.2) is 18.2 Å². The Kier molecular flexibility index (Phi) is 3.24. The first-order valence-corrected chi connectivity index (χ1v) is 5.34. The number of hydrogen-bond acceptors (Lipinski definition) is 2. The Bertz CT molecular complexity index is 352. The molecule has 0 unspecified atom stereocenters. The van der Waals surface area contributed by atoms with E-state index < -0.39 is 5.82 Å². The maximum atomic E-state index is 13.1. The van der Waals surface area contributed by atoms with Gasteiger partial charge in [0.05, 0.1) is 17.7 Å². The number of hydrogen-bond donors (Lipinski definition) is 1. The summed E-state index contributed by atoms with van der Waals surface area (Å²) in [6.45, 7) is 0.422. The molecule has 2 rings (SSSR count). The van der Waals surface area contributed by atoms with Gasteiger partial charge in [-0.3, -0.25) is 0 Å². The van der Waals surface area contributed by atoms with Gasteiger partial charge in [-0.2, -0.15) is 0 Å². The summed E-state index contributed by atoms with van der Waals surface area (Å²) in [7, 11) is 0. The average Bonchev–Trinajstić information content (AvgIpc) is 2.16. The normalized spacial score (nSPS) is 25.0. The van der Waals surface area contributed by atoms with Crippen LogP contribution in [0, 0.1) is 5.82 Å². The van der Waals surface area contributed by atoms with Crippen molar-refractivity contribution in [2.45, 2.75) is 31.6 Å². The molecule has 1 aromatic carbocycles. The fourth-order valence-electron chi connectivity index (χ4n) is 1.59. The van der Waals surface area contributed by atoms with E-state index in [1.54, 1.807) is 12.1 Å². The highest BCUT2D eigenvalue weighted by Gasteiger charge is 2.26. The molecule has 0 heterocycles. The van der Waals surface area contributed by atoms with Crippen molar-refractivity contribution in [2.24, 2.45) is 5.73 Å². The molecule has 4 heteroatoms. The van der Waals surface area contributed by atoms with E-state index in [-0.39, 0.29) is 17.2 Å². The lowest BCUT2D eigenvalue weighted by atomic mass is 9.90. The molecule has 0 radical (unpaired) electrons. The Hall–Kier alpha value is -0.640. The Morgan fingerprint density at radius 1 is 1.47 bits per heavy atom. The highest BCUT2D eigenvalue weighted by Crippen LogP contribution is 2.23. The minimum Gasteiger partial charge on any atom is -0.373 e. The van der Waals surface area contributed by atoms with Crippen molar-refractivity contribution in [1.82, 2.24) is 0 Å². The first-order chi connectivity index (χ1) is 7.15. The zero-order valence-electron chi connectivity index (χ0n) is 8.25. The third-order valence-corrected chi connectivity index (χ3v) is 2.91. The molecule has 82 valence electrons. The largest absolute Gasteiger partial charge is 0.373 e. The summed E-state index contributed by atoms with van der Waals surface area (Å²) in [6, 6.07) is 4.99. The Morgan fingerprint density at radius 3 is 2.80 bits per heavy atom. The molecule has 1 aromatic rings. The molecule has 0 amide bonds. The van der Waals surface area contributed by atoms with Crippen molar-refractivity contribution < 1.29 is 9.13 Å². The van der Waals surface area contributed by atoms with E-state index in [9.17, 15) is 4.39 Å². The van der Waals surface area contributed by atoms with Crippen LogP contribution in [0.5, 0.6) is 0 Å². The monoisotopic (exact) mass is 229 g/mol. The highest BCUT2D eigenvalue weighted by molar-refractivity contribution is 6.30. The van der Waals surface area contributed by atoms with E-state index in [1.165, 1.54) is 6.07 Å². The fourth-order valence-corrected chi connectivity index (χ4v) is 1.70. The van der Waals surface area contributed by atoms with Gasteiger partial charge in [0.1, 0.15) is 5.82 Å². The lowest BCUT2D eigenvalue weighted by molar-refractivity contribution is -0.0189. The van der Waals surface area contributed by atoms with Crippen LogP contribution in [-0.4, -0.2) is 12.1 Å². The minimum atomic E-state index is -0.400. The second-order valence-electron chi connectivity index (χ2n) is 3.91. The molecule has 0 spiro atoms. The van der Waals surface area contributed by atoms with E-state index in [0.717, 1.165) is 18.4 Å². The van der Waals surface area contributed by atoms with Gasteiger partial charge in [0, 0.05) is 6.04 Å². The second kappa shape index (κ2) is 4.47. The first kappa shape index (κ1) is 10.9. The SMILES string of the molecule is NC1CC(OCc2ccc(Cl)c(F)c2)C1. The maximum Gasteiger partial charge on any atom is 0.142 e. The smallest absolute Gasteiger partial charge is 0.142 e. The Labute approximate surface area is 93.2 Å². The zero-order chi connectivity index (χ0) is 10.8. The molecule has 1 fully saturated rings. The molecular formula is C11H13ClFNO. The molecule has 15 heavy (non-hydrogen) atoms. The number of halogens is 2. The van der Waals surface area contributed by atoms with Gasteiger partial charge in [-0.25, -0.2) is 4.39 Å². The fraction of sp³-hybridized carbons (Fsp3) is 0.455. The van der Waals surface area contributed by atoms with Crippen molar-refractivity contribution >= 4 is 11.6 Å². The van der Waals surface area contributed by atoms with Crippen LogP contribution < -0.4 is 5.73 Å². The Morgan fingerprint density at radius 2 is 2.20 bits per heavy atom. The summed E-state index contributed by atoms with van der Waals surface area (Å²) in [4.78, 5) is 0. The van der Waals surface area contributed by atoms with E-state index in [1.807, 2.05) is 0 Å². The van der Waals surface area contributed by atoms with Crippen LogP contribution in [0.25, 0.3) is 0 Å². The molecular weight excluding hydrogens is 217 g/mol. The molecule has 2 nitrogen and oxygen atoms in total. The quantitative estimate of drug-likeness (QED) is 0.864. The molecule has 0 bridgehead atoms. The van der Waals surface area contributed by atoms with Crippen LogP contribution in [-0.2, 0) is 11.3 Å². The molecule has 0 aromatic heterocycles. The van der Waals surface area contributed by atoms with Crippen LogP contribution >= 0.6 is 11.6 Å². The number of nitrogens with two attached hydrogens (primary N) is 1. The molecule has 0 aliphatic heterocycles. The molecule has 0 saturated heterocycles. The van der Waals surface area contributed by atoms with Gasteiger partial charge in [-0.05, 0) is 30.5 Å². The number of benzene rings is 1. The lowest BCUT2D eigenvalue weighted by Gasteiger charge is -2.32. The number of rotatable bonds is 3. The standard InChI is InChI=1S/C11H13ClFNO/c12-10-2-1-7(3-11(10)13)6-15-9-4-8(14)5-9/h1-3,8-9H,4-6,14H2. The molecule has 1 aliphatic carbocycles. The van der Waals surface area contributed by atoms with Crippen molar-refractivity contribution in [3.8, 4) is 0 Å². The molecule has 0 atom stereocenters. The molecule has 2 N–H and O–H groups in total. The van der Waals surface area contributed by atoms with Gasteiger partial charge in [0.2, 0.25) is 0 Å². The van der Waals surface area contributed by atoms with E-state index in [0.29, 0.717) is 6.61 Å². The molecule has 1 aliphatic rings. The summed E-state index contributed by atoms with van der Waals surface area (Å²) >= 11 is 5.57. The zero-order valence-corrected chi connectivity index (χ0v) is 9.01. The molecule has 1 saturated carbocycles. The van der Waals surface area contributed by atoms with Crippen molar-refractivity contribution in [2.75, 3.05) is 0 Å². The summed E-state index contributed by atoms with van der Waals surface area (Å²) in [5.74, 6) is -0.400. The Balaban J connectivity index is 1.86. The predicted molar refractivity (Wildman–Crippen MR) is 57.2 cm³/mol. The minimum absolute atomic E-state index is 0.143. The predicted octanol–water partition coefficient (Wildman–Crippen LogP) is 2.49. The van der Waals surface area contributed by atoms with Crippen LogP contribution in [0.2, 0.25) is 5.02 Å². The third-order valence-electron chi connectivity index (χ3n) is 2.60. The van der Waals surface area contributed by atoms with Gasteiger partial charge < -0.3 is 10.5 Å². The van der Waals surface area contributed by atoms with E-state index in [2.05, 4.69) is 0 Å². The lowest BCUT2D eigenvalue weighted by Crippen LogP contribution is -2.41. The summed E-state index contributed by atoms with van der Waals surface area (Å²) in [5.41, 5.74) is 6.43. The number of ether oxygens (including phenoxy) is 1. The van der Waals surface area contributed by atoms with Gasteiger partial charge in [-0.1, -0.05) is 17.7 Å². The van der Waals surface area contributed by atoms with E-state index >= 15 is 0 Å². The third kappa shape index (κ3) is 2.68. The average molecular weight is 230 g/mol. The van der Waals surface area contributed by atoms with Gasteiger partial charge >= 0.3 is 0 Å². The maximum absolute atomic E-state index is 13.1. The van der Waals surface area contributed by atoms with Gasteiger partial charge in [-0.15, -0.1) is 0 Å².